The minimum absolute atomic E-state index is 0.251. The van der Waals surface area contributed by atoms with Crippen LogP contribution in [0.4, 0.5) is 0 Å². The van der Waals surface area contributed by atoms with E-state index in [4.69, 9.17) is 0 Å². The molecule has 0 atom stereocenters. The SMILES string of the molecule is O=C1CC[Se]C(=[Se])N1Cc1ccccc1. The second-order valence-electron chi connectivity index (χ2n) is 3.33. The van der Waals surface area contributed by atoms with E-state index >= 15 is 0 Å². The summed E-state index contributed by atoms with van der Waals surface area (Å²) in [6.45, 7) is 0.712. The van der Waals surface area contributed by atoms with Crippen LogP contribution >= 0.6 is 0 Å². The van der Waals surface area contributed by atoms with E-state index in [1.807, 2.05) is 23.1 Å². The van der Waals surface area contributed by atoms with Gasteiger partial charge in [0.05, 0.1) is 0 Å². The van der Waals surface area contributed by atoms with Crippen LogP contribution in [-0.4, -0.2) is 44.8 Å². The van der Waals surface area contributed by atoms with Crippen molar-refractivity contribution in [2.45, 2.75) is 18.3 Å². The van der Waals surface area contributed by atoms with Gasteiger partial charge in [0.25, 0.3) is 0 Å². The zero-order valence-electron chi connectivity index (χ0n) is 8.18. The average Bonchev–Trinajstić information content (AvgIpc) is 2.25. The number of amides is 1. The molecule has 0 N–H and O–H groups in total. The predicted octanol–water partition coefficient (Wildman–Crippen LogP) is 0.797. The Morgan fingerprint density at radius 3 is 2.73 bits per heavy atom. The van der Waals surface area contributed by atoms with E-state index in [2.05, 4.69) is 27.7 Å². The predicted molar refractivity (Wildman–Crippen MR) is 62.9 cm³/mol. The first-order valence-electron chi connectivity index (χ1n) is 4.78. The Balaban J connectivity index is 2.10. The van der Waals surface area contributed by atoms with Crippen LogP contribution < -0.4 is 0 Å². The van der Waals surface area contributed by atoms with Gasteiger partial charge in [-0.1, -0.05) is 0 Å². The molecule has 0 aliphatic carbocycles. The Hall–Kier alpha value is -0.401. The maximum atomic E-state index is 11.7. The van der Waals surface area contributed by atoms with Gasteiger partial charge in [-0.3, -0.25) is 0 Å². The van der Waals surface area contributed by atoms with Gasteiger partial charge >= 0.3 is 104 Å². The number of nitrogens with zero attached hydrogens (tertiary/aromatic N) is 1. The Morgan fingerprint density at radius 2 is 2.07 bits per heavy atom. The molecule has 1 aliphatic rings. The Bertz CT molecular complexity index is 361. The molecule has 0 unspecified atom stereocenters. The molecule has 0 saturated carbocycles. The molecule has 1 aromatic rings. The minimum atomic E-state index is 0.251. The van der Waals surface area contributed by atoms with E-state index < -0.39 is 0 Å². The summed E-state index contributed by atoms with van der Waals surface area (Å²) in [5.41, 5.74) is 1.19. The summed E-state index contributed by atoms with van der Waals surface area (Å²) in [5.74, 6) is 0.251. The van der Waals surface area contributed by atoms with Crippen LogP contribution in [0.5, 0.6) is 0 Å². The van der Waals surface area contributed by atoms with Crippen molar-refractivity contribution in [1.29, 1.82) is 0 Å². The summed E-state index contributed by atoms with van der Waals surface area (Å²) in [5, 5.41) is 1.04. The first-order valence-corrected chi connectivity index (χ1v) is 7.71. The number of rotatable bonds is 2. The van der Waals surface area contributed by atoms with E-state index in [-0.39, 0.29) is 5.91 Å². The molecule has 0 radical (unpaired) electrons. The Labute approximate surface area is 104 Å². The quantitative estimate of drug-likeness (QED) is 0.734. The summed E-state index contributed by atoms with van der Waals surface area (Å²) in [4.78, 5) is 13.6. The van der Waals surface area contributed by atoms with E-state index in [1.54, 1.807) is 0 Å². The summed E-state index contributed by atoms with van der Waals surface area (Å²) < 4.78 is 1.14. The van der Waals surface area contributed by atoms with Gasteiger partial charge in [0.1, 0.15) is 0 Å². The van der Waals surface area contributed by atoms with Crippen LogP contribution in [0.2, 0.25) is 5.32 Å². The van der Waals surface area contributed by atoms with Crippen LogP contribution in [0, 0.1) is 0 Å². The van der Waals surface area contributed by atoms with Crippen molar-refractivity contribution in [3.63, 3.8) is 0 Å². The van der Waals surface area contributed by atoms with Crippen LogP contribution in [0.3, 0.4) is 0 Å². The Morgan fingerprint density at radius 1 is 1.33 bits per heavy atom. The van der Waals surface area contributed by atoms with Crippen molar-refractivity contribution in [2.24, 2.45) is 0 Å². The summed E-state index contributed by atoms with van der Waals surface area (Å²) >= 11 is 3.49. The van der Waals surface area contributed by atoms with Crippen molar-refractivity contribution < 1.29 is 4.79 Å². The van der Waals surface area contributed by atoms with Crippen molar-refractivity contribution in [3.8, 4) is 0 Å². The number of carbonyl (C=O) groups excluding carboxylic acids is 1. The topological polar surface area (TPSA) is 20.3 Å². The number of benzene rings is 1. The molecule has 1 aromatic carbocycles. The molecule has 15 heavy (non-hydrogen) atoms. The monoisotopic (exact) mass is 333 g/mol. The molecular formula is C11H11NOSe2. The van der Waals surface area contributed by atoms with Crippen molar-refractivity contribution in [1.82, 2.24) is 4.90 Å². The molecule has 1 fully saturated rings. The first kappa shape index (κ1) is 11.1. The van der Waals surface area contributed by atoms with Crippen molar-refractivity contribution >= 4 is 39.9 Å². The molecule has 78 valence electrons. The molecular weight excluding hydrogens is 320 g/mol. The third-order valence-corrected chi connectivity index (χ3v) is 5.83. The molecule has 0 bridgehead atoms. The summed E-state index contributed by atoms with van der Waals surface area (Å²) in [7, 11) is 0. The second-order valence-corrected chi connectivity index (χ2v) is 7.72. The summed E-state index contributed by atoms with van der Waals surface area (Å²) in [6.07, 6.45) is 0.706. The van der Waals surface area contributed by atoms with Gasteiger partial charge in [-0.15, -0.1) is 0 Å². The third-order valence-electron chi connectivity index (χ3n) is 2.25. The fourth-order valence-electron chi connectivity index (χ4n) is 1.46. The van der Waals surface area contributed by atoms with Crippen LogP contribution in [-0.2, 0) is 11.3 Å². The standard InChI is InChI=1S/C11H11NOSe2/c13-10-6-7-15-11(14)12(10)8-9-4-2-1-3-5-9/h1-5H,6-8H2. The molecule has 1 aliphatic heterocycles. The zero-order chi connectivity index (χ0) is 10.7. The average molecular weight is 331 g/mol. The Kier molecular flexibility index (Phi) is 3.76. The normalized spacial score (nSPS) is 16.9. The fraction of sp³-hybridized carbons (Fsp3) is 0.273. The molecule has 2 rings (SSSR count). The number of hydrogen-bond donors (Lipinski definition) is 0. The molecule has 1 heterocycles. The molecule has 1 amide bonds. The molecule has 0 aromatic heterocycles. The van der Waals surface area contributed by atoms with E-state index in [0.717, 1.165) is 8.76 Å². The maximum absolute atomic E-state index is 11.7. The molecule has 0 spiro atoms. The zero-order valence-corrected chi connectivity index (χ0v) is 11.6. The number of hydrogen-bond acceptors (Lipinski definition) is 1. The van der Waals surface area contributed by atoms with E-state index in [0.29, 0.717) is 27.9 Å². The van der Waals surface area contributed by atoms with Gasteiger partial charge in [0.2, 0.25) is 0 Å². The van der Waals surface area contributed by atoms with Gasteiger partial charge in [0, 0.05) is 0 Å². The van der Waals surface area contributed by atoms with Crippen molar-refractivity contribution in [2.75, 3.05) is 0 Å². The first-order chi connectivity index (χ1) is 7.27. The summed E-state index contributed by atoms with van der Waals surface area (Å²) in [6, 6.07) is 10.1. The van der Waals surface area contributed by atoms with Crippen LogP contribution in [0.1, 0.15) is 12.0 Å². The molecule has 1 saturated heterocycles. The van der Waals surface area contributed by atoms with Gasteiger partial charge in [-0.25, -0.2) is 0 Å². The molecule has 2 nitrogen and oxygen atoms in total. The van der Waals surface area contributed by atoms with Gasteiger partial charge in [-0.05, 0) is 0 Å². The van der Waals surface area contributed by atoms with E-state index in [1.165, 1.54) is 5.56 Å². The van der Waals surface area contributed by atoms with Crippen molar-refractivity contribution in [3.05, 3.63) is 35.9 Å². The van der Waals surface area contributed by atoms with Gasteiger partial charge < -0.3 is 0 Å². The molecule has 4 heteroatoms. The van der Waals surface area contributed by atoms with Gasteiger partial charge in [-0.2, -0.15) is 0 Å². The third kappa shape index (κ3) is 2.79. The number of carbonyl (C=O) groups is 1. The van der Waals surface area contributed by atoms with E-state index in [9.17, 15) is 4.79 Å². The second kappa shape index (κ2) is 5.09. The van der Waals surface area contributed by atoms with Gasteiger partial charge in [0.15, 0.2) is 0 Å². The van der Waals surface area contributed by atoms with Crippen LogP contribution in [0.15, 0.2) is 30.3 Å². The fourth-order valence-corrected chi connectivity index (χ4v) is 4.34. The van der Waals surface area contributed by atoms with Crippen LogP contribution in [0.25, 0.3) is 0 Å².